The Kier molecular flexibility index (Phi) is 6.63. The Bertz CT molecular complexity index is 601. The standard InChI is InChI=1S/C18H25ClF2N2O2/c1-18(2,3)25-17(24)23(11-16(20)21)10-12-4-7-15(19)13(8-12)9-22-14-5-6-14/h4,7-8,14,16,22H,5-6,9-11H2,1-3H3. The number of ether oxygens (including phenoxy) is 1. The summed E-state index contributed by atoms with van der Waals surface area (Å²) < 4.78 is 30.9. The molecule has 2 rings (SSSR count). The van der Waals surface area contributed by atoms with E-state index in [9.17, 15) is 13.6 Å². The fraction of sp³-hybridized carbons (Fsp3) is 0.611. The van der Waals surface area contributed by atoms with E-state index in [-0.39, 0.29) is 6.54 Å². The van der Waals surface area contributed by atoms with Crippen molar-refractivity contribution in [3.8, 4) is 0 Å². The first-order chi connectivity index (χ1) is 11.6. The van der Waals surface area contributed by atoms with Gasteiger partial charge in [0.15, 0.2) is 0 Å². The van der Waals surface area contributed by atoms with Crippen molar-refractivity contribution in [1.82, 2.24) is 10.2 Å². The number of carbonyl (C=O) groups excluding carboxylic acids is 1. The molecular weight excluding hydrogens is 350 g/mol. The Balaban J connectivity index is 2.08. The highest BCUT2D eigenvalue weighted by molar-refractivity contribution is 6.31. The van der Waals surface area contributed by atoms with Crippen LogP contribution in [-0.2, 0) is 17.8 Å². The summed E-state index contributed by atoms with van der Waals surface area (Å²) in [6.07, 6.45) is -1.05. The summed E-state index contributed by atoms with van der Waals surface area (Å²) >= 11 is 6.21. The fourth-order valence-electron chi connectivity index (χ4n) is 2.32. The zero-order chi connectivity index (χ0) is 18.6. The second-order valence-electron chi connectivity index (χ2n) is 7.33. The Morgan fingerprint density at radius 1 is 1.40 bits per heavy atom. The number of carbonyl (C=O) groups is 1. The van der Waals surface area contributed by atoms with Crippen LogP contribution in [0.15, 0.2) is 18.2 Å². The molecule has 1 saturated carbocycles. The maximum Gasteiger partial charge on any atom is 0.410 e. The van der Waals surface area contributed by atoms with E-state index in [1.807, 2.05) is 6.07 Å². The normalized spacial score (nSPS) is 14.7. The van der Waals surface area contributed by atoms with Gasteiger partial charge in [-0.25, -0.2) is 13.6 Å². The van der Waals surface area contributed by atoms with Crippen LogP contribution in [0.3, 0.4) is 0 Å². The largest absolute Gasteiger partial charge is 0.444 e. The Morgan fingerprint density at radius 3 is 2.64 bits per heavy atom. The molecule has 0 aliphatic heterocycles. The number of alkyl halides is 2. The minimum Gasteiger partial charge on any atom is -0.444 e. The lowest BCUT2D eigenvalue weighted by atomic mass is 10.1. The summed E-state index contributed by atoms with van der Waals surface area (Å²) in [6, 6.07) is 5.86. The molecule has 1 aliphatic carbocycles. The van der Waals surface area contributed by atoms with Crippen LogP contribution in [0.5, 0.6) is 0 Å². The molecule has 0 spiro atoms. The van der Waals surface area contributed by atoms with Gasteiger partial charge >= 0.3 is 6.09 Å². The molecule has 1 aromatic carbocycles. The van der Waals surface area contributed by atoms with Crippen LogP contribution in [-0.4, -0.2) is 35.6 Å². The van der Waals surface area contributed by atoms with Gasteiger partial charge in [0.2, 0.25) is 0 Å². The quantitative estimate of drug-likeness (QED) is 0.758. The number of nitrogens with one attached hydrogen (secondary N) is 1. The van der Waals surface area contributed by atoms with E-state index in [0.717, 1.165) is 28.9 Å². The third-order valence-electron chi connectivity index (χ3n) is 3.65. The van der Waals surface area contributed by atoms with Gasteiger partial charge in [-0.1, -0.05) is 23.7 Å². The van der Waals surface area contributed by atoms with E-state index in [2.05, 4.69) is 5.32 Å². The van der Waals surface area contributed by atoms with Gasteiger partial charge in [0, 0.05) is 24.2 Å². The molecule has 0 heterocycles. The second kappa shape index (κ2) is 8.32. The Labute approximate surface area is 152 Å². The average Bonchev–Trinajstić information content (AvgIpc) is 3.29. The molecule has 1 aliphatic rings. The van der Waals surface area contributed by atoms with Crippen LogP contribution in [0.25, 0.3) is 0 Å². The maximum absolute atomic E-state index is 12.9. The van der Waals surface area contributed by atoms with Crippen molar-refractivity contribution in [2.45, 2.75) is 64.8 Å². The van der Waals surface area contributed by atoms with E-state index in [4.69, 9.17) is 16.3 Å². The van der Waals surface area contributed by atoms with E-state index in [1.54, 1.807) is 32.9 Å². The summed E-state index contributed by atoms with van der Waals surface area (Å²) in [5.74, 6) is 0. The monoisotopic (exact) mass is 374 g/mol. The lowest BCUT2D eigenvalue weighted by Crippen LogP contribution is -2.39. The lowest BCUT2D eigenvalue weighted by Gasteiger charge is -2.27. The molecule has 1 aromatic rings. The zero-order valence-corrected chi connectivity index (χ0v) is 15.6. The first-order valence-corrected chi connectivity index (χ1v) is 8.78. The molecule has 4 nitrogen and oxygen atoms in total. The molecule has 0 radical (unpaired) electrons. The zero-order valence-electron chi connectivity index (χ0n) is 14.8. The van der Waals surface area contributed by atoms with Crippen LogP contribution < -0.4 is 5.32 Å². The first kappa shape index (κ1) is 19.9. The minimum absolute atomic E-state index is 0.0485. The van der Waals surface area contributed by atoms with E-state index < -0.39 is 24.7 Å². The summed E-state index contributed by atoms with van der Waals surface area (Å²) in [4.78, 5) is 13.2. The van der Waals surface area contributed by atoms with Gasteiger partial charge in [0.25, 0.3) is 6.43 Å². The van der Waals surface area contributed by atoms with Crippen molar-refractivity contribution < 1.29 is 18.3 Å². The molecule has 1 fully saturated rings. The number of hydrogen-bond acceptors (Lipinski definition) is 3. The Morgan fingerprint density at radius 2 is 2.08 bits per heavy atom. The first-order valence-electron chi connectivity index (χ1n) is 8.41. The number of benzene rings is 1. The minimum atomic E-state index is -2.63. The number of rotatable bonds is 7. The van der Waals surface area contributed by atoms with Gasteiger partial charge in [-0.05, 0) is 50.8 Å². The van der Waals surface area contributed by atoms with Gasteiger partial charge < -0.3 is 10.1 Å². The third kappa shape index (κ3) is 7.16. The number of hydrogen-bond donors (Lipinski definition) is 1. The molecule has 25 heavy (non-hydrogen) atoms. The molecule has 0 aromatic heterocycles. The molecule has 140 valence electrons. The summed E-state index contributed by atoms with van der Waals surface area (Å²) in [7, 11) is 0. The van der Waals surface area contributed by atoms with Gasteiger partial charge in [-0.3, -0.25) is 4.90 Å². The Hall–Kier alpha value is -1.40. The van der Waals surface area contributed by atoms with Crippen LogP contribution >= 0.6 is 11.6 Å². The SMILES string of the molecule is CC(C)(C)OC(=O)N(Cc1ccc(Cl)c(CNC2CC2)c1)CC(F)F. The van der Waals surface area contributed by atoms with E-state index in [0.29, 0.717) is 17.6 Å². The van der Waals surface area contributed by atoms with Gasteiger partial charge in [0.1, 0.15) is 5.60 Å². The van der Waals surface area contributed by atoms with E-state index >= 15 is 0 Å². The highest BCUT2D eigenvalue weighted by Crippen LogP contribution is 2.23. The maximum atomic E-state index is 12.9. The van der Waals surface area contributed by atoms with E-state index in [1.165, 1.54) is 0 Å². The molecular formula is C18H25ClF2N2O2. The van der Waals surface area contributed by atoms with Gasteiger partial charge in [-0.15, -0.1) is 0 Å². The van der Waals surface area contributed by atoms with Crippen molar-refractivity contribution in [2.75, 3.05) is 6.54 Å². The number of nitrogens with zero attached hydrogens (tertiary/aromatic N) is 1. The summed E-state index contributed by atoms with van der Waals surface area (Å²) in [5.41, 5.74) is 0.896. The number of amides is 1. The van der Waals surface area contributed by atoms with Crippen LogP contribution in [0.2, 0.25) is 5.02 Å². The number of halogens is 3. The molecule has 1 amide bonds. The highest BCUT2D eigenvalue weighted by atomic mass is 35.5. The predicted molar refractivity (Wildman–Crippen MR) is 94.0 cm³/mol. The van der Waals surface area contributed by atoms with Gasteiger partial charge in [0.05, 0.1) is 6.54 Å². The van der Waals surface area contributed by atoms with Crippen molar-refractivity contribution >= 4 is 17.7 Å². The highest BCUT2D eigenvalue weighted by Gasteiger charge is 2.25. The smallest absolute Gasteiger partial charge is 0.410 e. The molecule has 0 bridgehead atoms. The van der Waals surface area contributed by atoms with Crippen molar-refractivity contribution in [3.05, 3.63) is 34.3 Å². The topological polar surface area (TPSA) is 41.6 Å². The van der Waals surface area contributed by atoms with Crippen LogP contribution in [0.4, 0.5) is 13.6 Å². The van der Waals surface area contributed by atoms with Gasteiger partial charge in [-0.2, -0.15) is 0 Å². The third-order valence-corrected chi connectivity index (χ3v) is 4.02. The van der Waals surface area contributed by atoms with Crippen LogP contribution in [0.1, 0.15) is 44.7 Å². The van der Waals surface area contributed by atoms with Crippen LogP contribution in [0, 0.1) is 0 Å². The van der Waals surface area contributed by atoms with Crippen molar-refractivity contribution in [3.63, 3.8) is 0 Å². The fourth-order valence-corrected chi connectivity index (χ4v) is 2.51. The predicted octanol–water partition coefficient (Wildman–Crippen LogP) is 4.59. The molecule has 1 N–H and O–H groups in total. The molecule has 0 atom stereocenters. The average molecular weight is 375 g/mol. The van der Waals surface area contributed by atoms with Crippen molar-refractivity contribution in [1.29, 1.82) is 0 Å². The summed E-state index contributed by atoms with van der Waals surface area (Å²) in [5, 5.41) is 3.99. The van der Waals surface area contributed by atoms with Crippen molar-refractivity contribution in [2.24, 2.45) is 0 Å². The summed E-state index contributed by atoms with van der Waals surface area (Å²) in [6.45, 7) is 5.11. The second-order valence-corrected chi connectivity index (χ2v) is 7.74. The molecule has 7 heteroatoms. The lowest BCUT2D eigenvalue weighted by molar-refractivity contribution is 0.00817. The molecule has 0 unspecified atom stereocenters. The molecule has 0 saturated heterocycles.